The van der Waals surface area contributed by atoms with Crippen LogP contribution >= 0.6 is 0 Å². The fourth-order valence-corrected chi connectivity index (χ4v) is 3.01. The average molecular weight is 403 g/mol. The highest BCUT2D eigenvalue weighted by Crippen LogP contribution is 2.15. The second-order valence-electron chi connectivity index (χ2n) is 7.42. The van der Waals surface area contributed by atoms with Crippen LogP contribution in [0.15, 0.2) is 54.6 Å². The number of pyridine rings is 1. The third kappa shape index (κ3) is 5.32. The molecule has 0 spiro atoms. The molecule has 3 rings (SSSR count). The van der Waals surface area contributed by atoms with Crippen molar-refractivity contribution in [3.05, 3.63) is 99.4 Å². The van der Waals surface area contributed by atoms with Gasteiger partial charge in [0.1, 0.15) is 24.6 Å². The molecule has 0 aliphatic heterocycles. The highest BCUT2D eigenvalue weighted by atomic mass is 16.5. The van der Waals surface area contributed by atoms with E-state index in [1.165, 1.54) is 12.1 Å². The van der Waals surface area contributed by atoms with E-state index in [4.69, 9.17) is 9.47 Å². The molecule has 5 heteroatoms. The Labute approximate surface area is 176 Å². The molecule has 30 heavy (non-hydrogen) atoms. The van der Waals surface area contributed by atoms with E-state index in [1.807, 2.05) is 64.1 Å². The Morgan fingerprint density at radius 3 is 1.57 bits per heavy atom. The minimum absolute atomic E-state index is 0.0708. The van der Waals surface area contributed by atoms with Crippen LogP contribution < -0.4 is 0 Å². The number of hydrogen-bond donors (Lipinski definition) is 0. The number of hydrogen-bond acceptors (Lipinski definition) is 5. The molecule has 0 bridgehead atoms. The van der Waals surface area contributed by atoms with Crippen LogP contribution in [0.2, 0.25) is 0 Å². The molecular weight excluding hydrogens is 378 g/mol. The SMILES string of the molecule is Cc1ccc(C)c(COC(=O)c2cccc(C(=O)OCc3cc(C)ccc3C)n2)c1. The largest absolute Gasteiger partial charge is 0.456 e. The van der Waals surface area contributed by atoms with Crippen molar-refractivity contribution in [2.24, 2.45) is 0 Å². The number of carbonyl (C=O) groups excluding carboxylic acids is 2. The van der Waals surface area contributed by atoms with Crippen LogP contribution in [-0.4, -0.2) is 16.9 Å². The van der Waals surface area contributed by atoms with Gasteiger partial charge in [0.25, 0.3) is 0 Å². The van der Waals surface area contributed by atoms with Gasteiger partial charge in [-0.25, -0.2) is 14.6 Å². The molecule has 0 N–H and O–H groups in total. The Morgan fingerprint density at radius 1 is 0.700 bits per heavy atom. The van der Waals surface area contributed by atoms with Crippen LogP contribution in [0.1, 0.15) is 54.4 Å². The molecule has 0 amide bonds. The van der Waals surface area contributed by atoms with Crippen molar-refractivity contribution >= 4 is 11.9 Å². The van der Waals surface area contributed by atoms with Crippen molar-refractivity contribution < 1.29 is 19.1 Å². The third-order valence-electron chi connectivity index (χ3n) is 4.89. The van der Waals surface area contributed by atoms with Gasteiger partial charge in [0, 0.05) is 0 Å². The zero-order valence-corrected chi connectivity index (χ0v) is 17.7. The molecule has 0 radical (unpaired) electrons. The lowest BCUT2D eigenvalue weighted by atomic mass is 10.1. The van der Waals surface area contributed by atoms with E-state index in [0.29, 0.717) is 0 Å². The van der Waals surface area contributed by atoms with Gasteiger partial charge in [0.15, 0.2) is 0 Å². The minimum Gasteiger partial charge on any atom is -0.456 e. The lowest BCUT2D eigenvalue weighted by Gasteiger charge is -2.10. The molecule has 0 fully saturated rings. The van der Waals surface area contributed by atoms with Gasteiger partial charge in [-0.3, -0.25) is 0 Å². The van der Waals surface area contributed by atoms with E-state index in [1.54, 1.807) is 6.07 Å². The summed E-state index contributed by atoms with van der Waals surface area (Å²) >= 11 is 0. The fourth-order valence-electron chi connectivity index (χ4n) is 3.01. The monoisotopic (exact) mass is 403 g/mol. The van der Waals surface area contributed by atoms with Gasteiger partial charge in [-0.1, -0.05) is 53.6 Å². The summed E-state index contributed by atoms with van der Waals surface area (Å²) in [6.45, 7) is 8.20. The molecule has 0 saturated carbocycles. The van der Waals surface area contributed by atoms with E-state index in [9.17, 15) is 9.59 Å². The maximum absolute atomic E-state index is 12.4. The Kier molecular flexibility index (Phi) is 6.62. The van der Waals surface area contributed by atoms with Crippen molar-refractivity contribution in [3.63, 3.8) is 0 Å². The standard InChI is InChI=1S/C25H25NO4/c1-16-8-10-18(3)20(12-16)14-29-24(27)22-6-5-7-23(26-22)25(28)30-15-21-13-17(2)9-11-19(21)4/h5-13H,14-15H2,1-4H3. The number of carbonyl (C=O) groups is 2. The number of nitrogens with zero attached hydrogens (tertiary/aromatic N) is 1. The van der Waals surface area contributed by atoms with Crippen molar-refractivity contribution in [2.75, 3.05) is 0 Å². The Balaban J connectivity index is 1.64. The summed E-state index contributed by atoms with van der Waals surface area (Å²) in [5.41, 5.74) is 6.30. The van der Waals surface area contributed by atoms with Crippen molar-refractivity contribution in [3.8, 4) is 0 Å². The molecular formula is C25H25NO4. The highest BCUT2D eigenvalue weighted by Gasteiger charge is 2.15. The van der Waals surface area contributed by atoms with Gasteiger partial charge in [-0.15, -0.1) is 0 Å². The molecule has 154 valence electrons. The Bertz CT molecular complexity index is 1010. The predicted octanol–water partition coefficient (Wildman–Crippen LogP) is 5.03. The summed E-state index contributed by atoms with van der Waals surface area (Å²) in [6, 6.07) is 16.6. The second kappa shape index (κ2) is 9.35. The lowest BCUT2D eigenvalue weighted by Crippen LogP contribution is -2.13. The third-order valence-corrected chi connectivity index (χ3v) is 4.89. The van der Waals surface area contributed by atoms with E-state index < -0.39 is 11.9 Å². The van der Waals surface area contributed by atoms with Gasteiger partial charge in [-0.05, 0) is 62.1 Å². The second-order valence-corrected chi connectivity index (χ2v) is 7.42. The molecule has 0 saturated heterocycles. The highest BCUT2D eigenvalue weighted by molar-refractivity contribution is 5.91. The summed E-state index contributed by atoms with van der Waals surface area (Å²) in [5.74, 6) is -1.17. The summed E-state index contributed by atoms with van der Waals surface area (Å²) < 4.78 is 10.8. The number of benzene rings is 2. The molecule has 1 aromatic heterocycles. The number of ether oxygens (including phenoxy) is 2. The number of aromatic nitrogens is 1. The van der Waals surface area contributed by atoms with Crippen molar-refractivity contribution in [1.29, 1.82) is 0 Å². The van der Waals surface area contributed by atoms with E-state index in [0.717, 1.165) is 33.4 Å². The van der Waals surface area contributed by atoms with Gasteiger partial charge in [0.05, 0.1) is 0 Å². The summed E-state index contributed by atoms with van der Waals surface area (Å²) in [4.78, 5) is 29.0. The first-order chi connectivity index (χ1) is 14.3. The zero-order valence-electron chi connectivity index (χ0n) is 17.7. The molecule has 0 aliphatic carbocycles. The number of aryl methyl sites for hydroxylation is 4. The quantitative estimate of drug-likeness (QED) is 0.540. The summed E-state index contributed by atoms with van der Waals surface area (Å²) in [7, 11) is 0. The smallest absolute Gasteiger partial charge is 0.357 e. The van der Waals surface area contributed by atoms with Crippen LogP contribution in [0.5, 0.6) is 0 Å². The normalized spacial score (nSPS) is 10.5. The first-order valence-electron chi connectivity index (χ1n) is 9.77. The first kappa shape index (κ1) is 21.2. The first-order valence-corrected chi connectivity index (χ1v) is 9.77. The predicted molar refractivity (Wildman–Crippen MR) is 114 cm³/mol. The van der Waals surface area contributed by atoms with Gasteiger partial charge < -0.3 is 9.47 Å². The van der Waals surface area contributed by atoms with Gasteiger partial charge in [0.2, 0.25) is 0 Å². The van der Waals surface area contributed by atoms with E-state index in [2.05, 4.69) is 4.98 Å². The molecule has 2 aromatic carbocycles. The van der Waals surface area contributed by atoms with Crippen LogP contribution in [-0.2, 0) is 22.7 Å². The molecule has 0 atom stereocenters. The molecule has 5 nitrogen and oxygen atoms in total. The summed E-state index contributed by atoms with van der Waals surface area (Å²) in [5, 5.41) is 0. The van der Waals surface area contributed by atoms with Crippen molar-refractivity contribution in [2.45, 2.75) is 40.9 Å². The van der Waals surface area contributed by atoms with E-state index in [-0.39, 0.29) is 24.6 Å². The average Bonchev–Trinajstić information content (AvgIpc) is 2.74. The number of rotatable bonds is 6. The molecule has 0 unspecified atom stereocenters. The van der Waals surface area contributed by atoms with E-state index >= 15 is 0 Å². The zero-order chi connectivity index (χ0) is 21.7. The van der Waals surface area contributed by atoms with Crippen LogP contribution in [0.3, 0.4) is 0 Å². The van der Waals surface area contributed by atoms with Crippen LogP contribution in [0.25, 0.3) is 0 Å². The van der Waals surface area contributed by atoms with Crippen LogP contribution in [0, 0.1) is 27.7 Å². The Hall–Kier alpha value is -3.47. The summed E-state index contributed by atoms with van der Waals surface area (Å²) in [6.07, 6.45) is 0. The molecule has 3 aromatic rings. The molecule has 1 heterocycles. The Morgan fingerprint density at radius 2 is 1.13 bits per heavy atom. The van der Waals surface area contributed by atoms with Crippen LogP contribution in [0.4, 0.5) is 0 Å². The topological polar surface area (TPSA) is 65.5 Å². The maximum atomic E-state index is 12.4. The van der Waals surface area contributed by atoms with Crippen molar-refractivity contribution in [1.82, 2.24) is 4.98 Å². The lowest BCUT2D eigenvalue weighted by molar-refractivity contribution is 0.0456. The molecule has 0 aliphatic rings. The van der Waals surface area contributed by atoms with Gasteiger partial charge in [-0.2, -0.15) is 0 Å². The number of esters is 2. The fraction of sp³-hybridized carbons (Fsp3) is 0.240. The van der Waals surface area contributed by atoms with Gasteiger partial charge >= 0.3 is 11.9 Å². The minimum atomic E-state index is -0.583. The maximum Gasteiger partial charge on any atom is 0.357 e.